The van der Waals surface area contributed by atoms with E-state index >= 15 is 0 Å². The molecule has 3 aliphatic rings. The Labute approximate surface area is 177 Å². The molecule has 1 N–H and O–H groups in total. The van der Waals surface area contributed by atoms with Gasteiger partial charge < -0.3 is 15.1 Å². The molecule has 1 aliphatic heterocycles. The van der Waals surface area contributed by atoms with Crippen LogP contribution in [0.5, 0.6) is 0 Å². The van der Waals surface area contributed by atoms with Crippen LogP contribution in [0.3, 0.4) is 0 Å². The number of benzene rings is 1. The largest absolute Gasteiger partial charge is 0.368 e. The Morgan fingerprint density at radius 3 is 2.40 bits per heavy atom. The molecule has 30 heavy (non-hydrogen) atoms. The maximum Gasteiger partial charge on any atom is 0.317 e. The normalized spacial score (nSPS) is 20.9. The van der Waals surface area contributed by atoms with Crippen LogP contribution in [0.25, 0.3) is 10.9 Å². The summed E-state index contributed by atoms with van der Waals surface area (Å²) in [6.07, 6.45) is 10.9. The van der Waals surface area contributed by atoms with Crippen LogP contribution in [0.2, 0.25) is 0 Å². The minimum atomic E-state index is 0.0758. The number of carbonyl (C=O) groups is 1. The van der Waals surface area contributed by atoms with Crippen molar-refractivity contribution in [2.75, 3.05) is 31.1 Å². The zero-order valence-electron chi connectivity index (χ0n) is 17.6. The van der Waals surface area contributed by atoms with Crippen molar-refractivity contribution >= 4 is 22.6 Å². The van der Waals surface area contributed by atoms with Gasteiger partial charge in [0.15, 0.2) is 0 Å². The highest BCUT2D eigenvalue weighted by molar-refractivity contribution is 5.81. The number of fused-ring (bicyclic) bond motifs is 1. The molecular weight excluding hydrogens is 378 g/mol. The summed E-state index contributed by atoms with van der Waals surface area (Å²) >= 11 is 0. The van der Waals surface area contributed by atoms with Crippen molar-refractivity contribution in [1.29, 1.82) is 0 Å². The van der Waals surface area contributed by atoms with Crippen molar-refractivity contribution in [3.8, 4) is 0 Å². The first-order chi connectivity index (χ1) is 14.7. The first kappa shape index (κ1) is 19.4. The molecule has 2 saturated carbocycles. The Balaban J connectivity index is 1.26. The molecule has 7 heteroatoms. The number of aromatic nitrogens is 2. The quantitative estimate of drug-likeness (QED) is 0.845. The molecule has 1 aromatic carbocycles. The zero-order chi connectivity index (χ0) is 20.5. The second-order valence-electron chi connectivity index (χ2n) is 9.00. The fourth-order valence-electron chi connectivity index (χ4n) is 5.27. The zero-order valence-corrected chi connectivity index (χ0v) is 17.6. The SMILES string of the molecule is O=C(NC1CCCC1)N1CCN(c2ccc3c(=O)n(C4CCCC4)cnc3c2)CC1. The molecule has 160 valence electrons. The van der Waals surface area contributed by atoms with Crippen molar-refractivity contribution in [3.05, 3.63) is 34.9 Å². The number of hydrogen-bond acceptors (Lipinski definition) is 4. The van der Waals surface area contributed by atoms with Crippen molar-refractivity contribution < 1.29 is 4.79 Å². The molecule has 1 aromatic heterocycles. The Kier molecular flexibility index (Phi) is 5.35. The van der Waals surface area contributed by atoms with Crippen LogP contribution in [0.15, 0.2) is 29.3 Å². The number of hydrogen-bond donors (Lipinski definition) is 1. The second kappa shape index (κ2) is 8.28. The van der Waals surface area contributed by atoms with Crippen LogP contribution < -0.4 is 15.8 Å². The predicted octanol–water partition coefficient (Wildman–Crippen LogP) is 3.29. The van der Waals surface area contributed by atoms with Crippen molar-refractivity contribution in [2.45, 2.75) is 63.5 Å². The number of nitrogens with one attached hydrogen (secondary N) is 1. The highest BCUT2D eigenvalue weighted by Crippen LogP contribution is 2.28. The number of amides is 2. The van der Waals surface area contributed by atoms with E-state index in [0.717, 1.165) is 50.0 Å². The molecule has 0 atom stereocenters. The molecule has 1 saturated heterocycles. The summed E-state index contributed by atoms with van der Waals surface area (Å²) in [5.74, 6) is 0. The summed E-state index contributed by atoms with van der Waals surface area (Å²) in [5.41, 5.74) is 1.91. The molecule has 0 bridgehead atoms. The topological polar surface area (TPSA) is 70.5 Å². The molecule has 0 spiro atoms. The summed E-state index contributed by atoms with van der Waals surface area (Å²) in [4.78, 5) is 34.2. The maximum absolute atomic E-state index is 12.9. The van der Waals surface area contributed by atoms with Gasteiger partial charge in [-0.05, 0) is 43.9 Å². The highest BCUT2D eigenvalue weighted by Gasteiger charge is 2.25. The average Bonchev–Trinajstić information content (AvgIpc) is 3.48. The third-order valence-electron chi connectivity index (χ3n) is 7.10. The summed E-state index contributed by atoms with van der Waals surface area (Å²) in [6.45, 7) is 3.02. The maximum atomic E-state index is 12.9. The molecule has 7 nitrogen and oxygen atoms in total. The number of carbonyl (C=O) groups excluding carboxylic acids is 1. The van der Waals surface area contributed by atoms with Gasteiger partial charge >= 0.3 is 6.03 Å². The fourth-order valence-corrected chi connectivity index (χ4v) is 5.27. The third kappa shape index (κ3) is 3.77. The highest BCUT2D eigenvalue weighted by atomic mass is 16.2. The van der Waals surface area contributed by atoms with Crippen molar-refractivity contribution in [3.63, 3.8) is 0 Å². The van der Waals surface area contributed by atoms with Gasteiger partial charge in [-0.25, -0.2) is 9.78 Å². The van der Waals surface area contributed by atoms with Crippen LogP contribution >= 0.6 is 0 Å². The predicted molar refractivity (Wildman–Crippen MR) is 118 cm³/mol. The van der Waals surface area contributed by atoms with E-state index in [1.165, 1.54) is 25.7 Å². The number of urea groups is 1. The van der Waals surface area contributed by atoms with E-state index in [4.69, 9.17) is 0 Å². The van der Waals surface area contributed by atoms with Crippen molar-refractivity contribution in [2.24, 2.45) is 0 Å². The lowest BCUT2D eigenvalue weighted by molar-refractivity contribution is 0.190. The van der Waals surface area contributed by atoms with E-state index in [0.29, 0.717) is 30.6 Å². The lowest BCUT2D eigenvalue weighted by atomic mass is 10.1. The monoisotopic (exact) mass is 409 g/mol. The Hall–Kier alpha value is -2.57. The average molecular weight is 410 g/mol. The minimum Gasteiger partial charge on any atom is -0.368 e. The van der Waals surface area contributed by atoms with Gasteiger partial charge in [-0.1, -0.05) is 25.7 Å². The first-order valence-electron chi connectivity index (χ1n) is 11.5. The lowest BCUT2D eigenvalue weighted by Gasteiger charge is -2.36. The van der Waals surface area contributed by atoms with Crippen molar-refractivity contribution in [1.82, 2.24) is 19.8 Å². The smallest absolute Gasteiger partial charge is 0.317 e. The van der Waals surface area contributed by atoms with Crippen LogP contribution in [0.4, 0.5) is 10.5 Å². The number of rotatable bonds is 3. The van der Waals surface area contributed by atoms with Gasteiger partial charge in [0.25, 0.3) is 5.56 Å². The number of anilines is 1. The Morgan fingerprint density at radius 1 is 0.967 bits per heavy atom. The van der Waals surface area contributed by atoms with Crippen LogP contribution in [0, 0.1) is 0 Å². The minimum absolute atomic E-state index is 0.0758. The number of nitrogens with zero attached hydrogens (tertiary/aromatic N) is 4. The van der Waals surface area contributed by atoms with Gasteiger partial charge in [0, 0.05) is 44.0 Å². The van der Waals surface area contributed by atoms with Crippen LogP contribution in [0.1, 0.15) is 57.4 Å². The molecule has 5 rings (SSSR count). The van der Waals surface area contributed by atoms with Gasteiger partial charge in [0.2, 0.25) is 0 Å². The van der Waals surface area contributed by atoms with E-state index in [2.05, 4.69) is 15.2 Å². The van der Waals surface area contributed by atoms with Gasteiger partial charge in [-0.3, -0.25) is 9.36 Å². The molecule has 2 aliphatic carbocycles. The molecule has 2 heterocycles. The van der Waals surface area contributed by atoms with E-state index in [9.17, 15) is 9.59 Å². The van der Waals surface area contributed by atoms with Crippen LogP contribution in [-0.2, 0) is 0 Å². The van der Waals surface area contributed by atoms with Gasteiger partial charge in [-0.2, -0.15) is 0 Å². The second-order valence-corrected chi connectivity index (χ2v) is 9.00. The molecule has 2 amide bonds. The van der Waals surface area contributed by atoms with E-state index in [-0.39, 0.29) is 11.6 Å². The van der Waals surface area contributed by atoms with E-state index in [1.807, 2.05) is 27.7 Å². The summed E-state index contributed by atoms with van der Waals surface area (Å²) < 4.78 is 1.83. The molecule has 0 radical (unpaired) electrons. The fraction of sp³-hybridized carbons (Fsp3) is 0.609. The molecule has 0 unspecified atom stereocenters. The van der Waals surface area contributed by atoms with Gasteiger partial charge in [0.1, 0.15) is 0 Å². The molecule has 2 aromatic rings. The molecular formula is C23H31N5O2. The van der Waals surface area contributed by atoms with Gasteiger partial charge in [-0.15, -0.1) is 0 Å². The summed E-state index contributed by atoms with van der Waals surface area (Å²) in [5, 5.41) is 3.88. The first-order valence-corrected chi connectivity index (χ1v) is 11.5. The van der Waals surface area contributed by atoms with Crippen LogP contribution in [-0.4, -0.2) is 52.7 Å². The Morgan fingerprint density at radius 2 is 1.67 bits per heavy atom. The Bertz CT molecular complexity index is 967. The van der Waals surface area contributed by atoms with E-state index in [1.54, 1.807) is 6.33 Å². The third-order valence-corrected chi connectivity index (χ3v) is 7.10. The van der Waals surface area contributed by atoms with E-state index < -0.39 is 0 Å². The summed E-state index contributed by atoms with van der Waals surface area (Å²) in [7, 11) is 0. The number of piperazine rings is 1. The summed E-state index contributed by atoms with van der Waals surface area (Å²) in [6, 6.07) is 6.70. The standard InChI is InChI=1S/C23H31N5O2/c29-22-20-10-9-19(15-21(20)24-16-28(22)18-7-3-4-8-18)26-11-13-27(14-12-26)23(30)25-17-5-1-2-6-17/h9-10,15-18H,1-8,11-14H2,(H,25,30). The van der Waals surface area contributed by atoms with Gasteiger partial charge in [0.05, 0.1) is 17.2 Å². The lowest BCUT2D eigenvalue weighted by Crippen LogP contribution is -2.53. The molecule has 3 fully saturated rings.